The van der Waals surface area contributed by atoms with E-state index in [1.165, 1.54) is 0 Å². The highest BCUT2D eigenvalue weighted by Gasteiger charge is 2.25. The van der Waals surface area contributed by atoms with Gasteiger partial charge in [0.2, 0.25) is 0 Å². The number of hydrogen-bond acceptors (Lipinski definition) is 8. The molecule has 0 aliphatic rings. The number of methoxy groups -OCH3 is 2. The van der Waals surface area contributed by atoms with Crippen LogP contribution in [-0.4, -0.2) is 40.5 Å². The summed E-state index contributed by atoms with van der Waals surface area (Å²) >= 11 is 1.08. The van der Waals surface area contributed by atoms with Gasteiger partial charge in [-0.1, -0.05) is 12.1 Å². The molecule has 2 heterocycles. The molecular weight excluding hydrogens is 402 g/mol. The highest BCUT2D eigenvalue weighted by Crippen LogP contribution is 2.36. The van der Waals surface area contributed by atoms with E-state index in [4.69, 9.17) is 19.2 Å². The molecule has 0 atom stereocenters. The Kier molecular flexibility index (Phi) is 5.58. The van der Waals surface area contributed by atoms with Gasteiger partial charge in [0.05, 0.1) is 32.6 Å². The maximum absolute atomic E-state index is 12.8. The van der Waals surface area contributed by atoms with Crippen LogP contribution in [0.5, 0.6) is 11.5 Å². The SMILES string of the molecule is CCOC(=O)c1nc(-c2ccc(OC)cc2)c2nsnc2c1-c1ccc(OC)cc1. The van der Waals surface area contributed by atoms with Crippen LogP contribution in [0.3, 0.4) is 0 Å². The highest BCUT2D eigenvalue weighted by atomic mass is 32.1. The van der Waals surface area contributed by atoms with Gasteiger partial charge in [0.25, 0.3) is 0 Å². The first kappa shape index (κ1) is 19.8. The molecule has 0 radical (unpaired) electrons. The van der Waals surface area contributed by atoms with Gasteiger partial charge in [-0.25, -0.2) is 9.78 Å². The predicted octanol–water partition coefficient (Wildman–Crippen LogP) is 4.61. The summed E-state index contributed by atoms with van der Waals surface area (Å²) in [5.74, 6) is 0.937. The van der Waals surface area contributed by atoms with Crippen molar-refractivity contribution in [3.63, 3.8) is 0 Å². The summed E-state index contributed by atoms with van der Waals surface area (Å²) < 4.78 is 24.7. The fourth-order valence-corrected chi connectivity index (χ4v) is 3.72. The van der Waals surface area contributed by atoms with Gasteiger partial charge < -0.3 is 14.2 Å². The van der Waals surface area contributed by atoms with Crippen molar-refractivity contribution in [2.24, 2.45) is 0 Å². The monoisotopic (exact) mass is 421 g/mol. The van der Waals surface area contributed by atoms with Crippen molar-refractivity contribution in [1.29, 1.82) is 0 Å². The number of ether oxygens (including phenoxy) is 3. The lowest BCUT2D eigenvalue weighted by molar-refractivity contribution is 0.0521. The van der Waals surface area contributed by atoms with Crippen LogP contribution in [-0.2, 0) is 4.74 Å². The number of rotatable bonds is 6. The minimum absolute atomic E-state index is 0.202. The van der Waals surface area contributed by atoms with Crippen molar-refractivity contribution in [3.05, 3.63) is 54.2 Å². The molecule has 0 fully saturated rings. The summed E-state index contributed by atoms with van der Waals surface area (Å²) in [5, 5.41) is 0. The van der Waals surface area contributed by atoms with Crippen LogP contribution in [0.15, 0.2) is 48.5 Å². The molecule has 4 rings (SSSR count). The van der Waals surface area contributed by atoms with Gasteiger partial charge in [-0.05, 0) is 48.9 Å². The smallest absolute Gasteiger partial charge is 0.357 e. The molecule has 2 aromatic heterocycles. The van der Waals surface area contributed by atoms with Gasteiger partial charge in [0.15, 0.2) is 5.69 Å². The Morgan fingerprint density at radius 3 is 2.00 bits per heavy atom. The third-order valence-corrected chi connectivity index (χ3v) is 5.15. The Morgan fingerprint density at radius 1 is 0.867 bits per heavy atom. The molecule has 152 valence electrons. The molecule has 2 aromatic carbocycles. The van der Waals surface area contributed by atoms with E-state index < -0.39 is 5.97 Å². The largest absolute Gasteiger partial charge is 0.497 e. The Labute approximate surface area is 177 Å². The van der Waals surface area contributed by atoms with Crippen molar-refractivity contribution in [2.75, 3.05) is 20.8 Å². The first-order valence-electron chi connectivity index (χ1n) is 9.28. The Balaban J connectivity index is 1.97. The van der Waals surface area contributed by atoms with Crippen LogP contribution in [0, 0.1) is 0 Å². The average Bonchev–Trinajstić information content (AvgIpc) is 3.28. The standard InChI is InChI=1S/C22H19N3O4S/c1-4-29-22(26)20-17(13-5-9-15(27-2)10-6-13)19-21(25-30-24-19)18(23-20)14-7-11-16(28-3)12-8-14/h5-12H,4H2,1-3H3. The molecule has 8 heteroatoms. The van der Waals surface area contributed by atoms with E-state index in [1.54, 1.807) is 21.1 Å². The van der Waals surface area contributed by atoms with Crippen molar-refractivity contribution < 1.29 is 19.0 Å². The summed E-state index contributed by atoms with van der Waals surface area (Å²) in [7, 11) is 3.21. The van der Waals surface area contributed by atoms with Crippen molar-refractivity contribution in [3.8, 4) is 33.9 Å². The third-order valence-electron chi connectivity index (χ3n) is 4.62. The summed E-state index contributed by atoms with van der Waals surface area (Å²) in [5.41, 5.74) is 4.19. The van der Waals surface area contributed by atoms with Crippen LogP contribution in [0.2, 0.25) is 0 Å². The zero-order chi connectivity index (χ0) is 21.1. The van der Waals surface area contributed by atoms with E-state index >= 15 is 0 Å². The van der Waals surface area contributed by atoms with Crippen molar-refractivity contribution >= 4 is 28.7 Å². The quantitative estimate of drug-likeness (QED) is 0.420. The number of nitrogens with zero attached hydrogens (tertiary/aromatic N) is 3. The number of aromatic nitrogens is 3. The second kappa shape index (κ2) is 8.46. The summed E-state index contributed by atoms with van der Waals surface area (Å²) in [4.78, 5) is 17.5. The Bertz CT molecular complexity index is 1190. The van der Waals surface area contributed by atoms with Gasteiger partial charge in [0.1, 0.15) is 28.2 Å². The Hall–Kier alpha value is -3.52. The molecule has 4 aromatic rings. The fourth-order valence-electron chi connectivity index (χ4n) is 3.17. The molecule has 30 heavy (non-hydrogen) atoms. The minimum Gasteiger partial charge on any atom is -0.497 e. The molecule has 0 bridgehead atoms. The lowest BCUT2D eigenvalue weighted by Crippen LogP contribution is -2.10. The molecule has 0 saturated carbocycles. The van der Waals surface area contributed by atoms with E-state index in [2.05, 4.69) is 8.75 Å². The maximum Gasteiger partial charge on any atom is 0.357 e. The molecule has 0 aliphatic heterocycles. The summed E-state index contributed by atoms with van der Waals surface area (Å²) in [6.07, 6.45) is 0. The molecule has 0 spiro atoms. The van der Waals surface area contributed by atoms with Gasteiger partial charge in [-0.2, -0.15) is 8.75 Å². The van der Waals surface area contributed by atoms with Crippen molar-refractivity contribution in [1.82, 2.24) is 13.7 Å². The molecule has 7 nitrogen and oxygen atoms in total. The zero-order valence-corrected chi connectivity index (χ0v) is 17.5. The number of esters is 1. The van der Waals surface area contributed by atoms with E-state index in [0.717, 1.165) is 28.6 Å². The molecule has 0 saturated heterocycles. The van der Waals surface area contributed by atoms with E-state index in [1.807, 2.05) is 48.5 Å². The van der Waals surface area contributed by atoms with Gasteiger partial charge in [-0.15, -0.1) is 0 Å². The zero-order valence-electron chi connectivity index (χ0n) is 16.7. The van der Waals surface area contributed by atoms with Gasteiger partial charge in [-0.3, -0.25) is 0 Å². The van der Waals surface area contributed by atoms with Crippen molar-refractivity contribution in [2.45, 2.75) is 6.92 Å². The third kappa shape index (κ3) is 3.57. The molecule has 0 amide bonds. The highest BCUT2D eigenvalue weighted by molar-refractivity contribution is 7.00. The minimum atomic E-state index is -0.507. The number of carbonyl (C=O) groups is 1. The number of carbonyl (C=O) groups excluding carboxylic acids is 1. The molecule has 0 N–H and O–H groups in total. The fraction of sp³-hybridized carbons (Fsp3) is 0.182. The van der Waals surface area contributed by atoms with Gasteiger partial charge >= 0.3 is 5.97 Å². The first-order valence-corrected chi connectivity index (χ1v) is 10.0. The van der Waals surface area contributed by atoms with Gasteiger partial charge in [0, 0.05) is 11.1 Å². The normalized spacial score (nSPS) is 10.8. The first-order chi connectivity index (χ1) is 14.7. The number of hydrogen-bond donors (Lipinski definition) is 0. The number of pyridine rings is 1. The topological polar surface area (TPSA) is 83.4 Å². The lowest BCUT2D eigenvalue weighted by Gasteiger charge is -2.12. The summed E-state index contributed by atoms with van der Waals surface area (Å²) in [6.45, 7) is 2.01. The van der Waals surface area contributed by atoms with E-state index in [-0.39, 0.29) is 12.3 Å². The van der Waals surface area contributed by atoms with Crippen LogP contribution in [0.25, 0.3) is 33.4 Å². The summed E-state index contributed by atoms with van der Waals surface area (Å²) in [6, 6.07) is 14.8. The average molecular weight is 421 g/mol. The second-order valence-electron chi connectivity index (χ2n) is 6.32. The maximum atomic E-state index is 12.8. The molecule has 0 unspecified atom stereocenters. The Morgan fingerprint density at radius 2 is 1.43 bits per heavy atom. The lowest BCUT2D eigenvalue weighted by atomic mass is 9.99. The van der Waals surface area contributed by atoms with E-state index in [0.29, 0.717) is 28.0 Å². The number of benzene rings is 2. The van der Waals surface area contributed by atoms with Crippen LogP contribution in [0.4, 0.5) is 0 Å². The van der Waals surface area contributed by atoms with Crippen LogP contribution < -0.4 is 9.47 Å². The predicted molar refractivity (Wildman–Crippen MR) is 115 cm³/mol. The van der Waals surface area contributed by atoms with E-state index in [9.17, 15) is 4.79 Å². The molecular formula is C22H19N3O4S. The van der Waals surface area contributed by atoms with Crippen LogP contribution in [0.1, 0.15) is 17.4 Å². The van der Waals surface area contributed by atoms with Crippen LogP contribution >= 0.6 is 11.7 Å². The number of fused-ring (bicyclic) bond motifs is 1. The molecule has 0 aliphatic carbocycles. The second-order valence-corrected chi connectivity index (χ2v) is 6.85.